The topological polar surface area (TPSA) is 85.2 Å². The lowest BCUT2D eigenvalue weighted by molar-refractivity contribution is -0.122. The molecule has 2 heterocycles. The quantitative estimate of drug-likeness (QED) is 0.489. The molecule has 4 rings (SSSR count). The summed E-state index contributed by atoms with van der Waals surface area (Å²) in [5, 5.41) is 10.5. The average molecular weight is 451 g/mol. The van der Waals surface area contributed by atoms with Crippen LogP contribution in [0.3, 0.4) is 0 Å². The molecule has 2 amide bonds. The fraction of sp³-hybridized carbons (Fsp3) is 0.292. The number of thioether (sulfide) groups is 1. The van der Waals surface area contributed by atoms with E-state index >= 15 is 0 Å². The number of amides is 2. The molecule has 0 bridgehead atoms. The normalized spacial score (nSPS) is 12.6. The largest absolute Gasteiger partial charge is 0.383 e. The Morgan fingerprint density at radius 3 is 2.34 bits per heavy atom. The second kappa shape index (κ2) is 10.5. The minimum Gasteiger partial charge on any atom is -0.383 e. The molecular weight excluding hydrogens is 424 g/mol. The summed E-state index contributed by atoms with van der Waals surface area (Å²) in [5.74, 6) is 1.35. The molecular formula is C24H26N4O3S. The summed E-state index contributed by atoms with van der Waals surface area (Å²) < 4.78 is 6.59. The fourth-order valence-corrected chi connectivity index (χ4v) is 4.81. The van der Waals surface area contributed by atoms with Crippen LogP contribution in [0.25, 0.3) is 0 Å². The van der Waals surface area contributed by atoms with Gasteiger partial charge in [0.2, 0.25) is 11.8 Å². The van der Waals surface area contributed by atoms with Crippen molar-refractivity contribution in [3.05, 3.63) is 83.0 Å². The van der Waals surface area contributed by atoms with Crippen molar-refractivity contribution >= 4 is 29.4 Å². The molecule has 0 saturated carbocycles. The van der Waals surface area contributed by atoms with Gasteiger partial charge in [-0.2, -0.15) is 16.9 Å². The molecule has 0 spiro atoms. The maximum Gasteiger partial charge on any atom is 0.241 e. The number of anilines is 1. The molecule has 1 aromatic heterocycles. The number of ether oxygens (including phenoxy) is 1. The van der Waals surface area contributed by atoms with Gasteiger partial charge in [0.1, 0.15) is 12.4 Å². The van der Waals surface area contributed by atoms with Crippen LogP contribution < -0.4 is 10.6 Å². The number of benzene rings is 2. The highest BCUT2D eigenvalue weighted by Crippen LogP contribution is 2.36. The first-order valence-corrected chi connectivity index (χ1v) is 11.7. The number of aromatic nitrogens is 2. The second-order valence-corrected chi connectivity index (χ2v) is 8.50. The van der Waals surface area contributed by atoms with Gasteiger partial charge >= 0.3 is 0 Å². The van der Waals surface area contributed by atoms with Gasteiger partial charge in [-0.25, -0.2) is 4.68 Å². The molecule has 0 aliphatic carbocycles. The SMILES string of the molecule is COCCNC(=O)Cn1nc2c(c1NC(=O)C(c1ccccc1)c1ccccc1)CSC2. The number of carbonyl (C=O) groups is 2. The summed E-state index contributed by atoms with van der Waals surface area (Å²) in [7, 11) is 1.59. The first kappa shape index (κ1) is 22.1. The van der Waals surface area contributed by atoms with E-state index in [-0.39, 0.29) is 18.4 Å². The average Bonchev–Trinajstić information content (AvgIpc) is 3.38. The third kappa shape index (κ3) is 5.03. The zero-order valence-electron chi connectivity index (χ0n) is 17.9. The summed E-state index contributed by atoms with van der Waals surface area (Å²) >= 11 is 1.75. The molecule has 32 heavy (non-hydrogen) atoms. The van der Waals surface area contributed by atoms with E-state index < -0.39 is 5.92 Å². The van der Waals surface area contributed by atoms with Crippen molar-refractivity contribution in [2.24, 2.45) is 0 Å². The van der Waals surface area contributed by atoms with Crippen molar-refractivity contribution in [2.75, 3.05) is 25.6 Å². The van der Waals surface area contributed by atoms with Crippen LogP contribution in [0, 0.1) is 0 Å². The molecule has 0 saturated heterocycles. The van der Waals surface area contributed by atoms with Crippen LogP contribution >= 0.6 is 11.8 Å². The molecule has 0 atom stereocenters. The highest BCUT2D eigenvalue weighted by Gasteiger charge is 2.28. The Kier molecular flexibility index (Phi) is 7.24. The van der Waals surface area contributed by atoms with Crippen LogP contribution in [-0.2, 0) is 32.4 Å². The summed E-state index contributed by atoms with van der Waals surface area (Å²) in [6.07, 6.45) is 0. The Hall–Kier alpha value is -3.10. The molecule has 1 aliphatic heterocycles. The number of methoxy groups -OCH3 is 1. The maximum atomic E-state index is 13.6. The van der Waals surface area contributed by atoms with E-state index in [1.165, 1.54) is 0 Å². The monoisotopic (exact) mass is 450 g/mol. The van der Waals surface area contributed by atoms with E-state index in [2.05, 4.69) is 15.7 Å². The van der Waals surface area contributed by atoms with E-state index in [1.807, 2.05) is 60.7 Å². The van der Waals surface area contributed by atoms with E-state index in [9.17, 15) is 9.59 Å². The molecule has 0 radical (unpaired) electrons. The van der Waals surface area contributed by atoms with Gasteiger partial charge in [-0.1, -0.05) is 60.7 Å². The molecule has 0 fully saturated rings. The number of hydrogen-bond acceptors (Lipinski definition) is 5. The van der Waals surface area contributed by atoms with Crippen LogP contribution in [-0.4, -0.2) is 41.9 Å². The van der Waals surface area contributed by atoms with Gasteiger partial charge in [-0.15, -0.1) is 0 Å². The third-order valence-electron chi connectivity index (χ3n) is 5.31. The van der Waals surface area contributed by atoms with Gasteiger partial charge in [-0.05, 0) is 11.1 Å². The predicted octanol–water partition coefficient (Wildman–Crippen LogP) is 3.16. The van der Waals surface area contributed by atoms with Crippen LogP contribution in [0.4, 0.5) is 5.82 Å². The van der Waals surface area contributed by atoms with Crippen LogP contribution in [0.5, 0.6) is 0 Å². The van der Waals surface area contributed by atoms with Gasteiger partial charge in [0.25, 0.3) is 0 Å². The first-order chi connectivity index (χ1) is 15.7. The minimum absolute atomic E-state index is 0.0400. The van der Waals surface area contributed by atoms with E-state index in [0.717, 1.165) is 33.9 Å². The van der Waals surface area contributed by atoms with Crippen molar-refractivity contribution in [3.63, 3.8) is 0 Å². The zero-order chi connectivity index (χ0) is 22.3. The Labute approximate surface area is 191 Å². The van der Waals surface area contributed by atoms with Gasteiger partial charge in [0.15, 0.2) is 0 Å². The molecule has 2 aromatic carbocycles. The highest BCUT2D eigenvalue weighted by atomic mass is 32.2. The van der Waals surface area contributed by atoms with Crippen molar-refractivity contribution in [1.82, 2.24) is 15.1 Å². The first-order valence-electron chi connectivity index (χ1n) is 10.5. The van der Waals surface area contributed by atoms with Gasteiger partial charge in [-0.3, -0.25) is 9.59 Å². The number of carbonyl (C=O) groups excluding carboxylic acids is 2. The van der Waals surface area contributed by atoms with Crippen LogP contribution in [0.1, 0.15) is 28.3 Å². The number of nitrogens with zero attached hydrogens (tertiary/aromatic N) is 2. The zero-order valence-corrected chi connectivity index (χ0v) is 18.7. The summed E-state index contributed by atoms with van der Waals surface area (Å²) in [4.78, 5) is 26.0. The molecule has 166 valence electrons. The van der Waals surface area contributed by atoms with Gasteiger partial charge in [0, 0.05) is 30.7 Å². The number of nitrogens with one attached hydrogen (secondary N) is 2. The Morgan fingerprint density at radius 2 is 1.72 bits per heavy atom. The molecule has 8 heteroatoms. The fourth-order valence-electron chi connectivity index (χ4n) is 3.78. The number of fused-ring (bicyclic) bond motifs is 1. The van der Waals surface area contributed by atoms with E-state index in [1.54, 1.807) is 23.6 Å². The Morgan fingerprint density at radius 1 is 1.06 bits per heavy atom. The minimum atomic E-state index is -0.471. The van der Waals surface area contributed by atoms with Crippen molar-refractivity contribution in [2.45, 2.75) is 24.0 Å². The molecule has 7 nitrogen and oxygen atoms in total. The van der Waals surface area contributed by atoms with E-state index in [0.29, 0.717) is 19.0 Å². The third-order valence-corrected chi connectivity index (χ3v) is 6.28. The highest BCUT2D eigenvalue weighted by molar-refractivity contribution is 7.98. The standard InChI is InChI=1S/C24H26N4O3S/c1-31-13-12-25-21(29)14-28-23(19-15-32-16-20(19)27-28)26-24(30)22(17-8-4-2-5-9-17)18-10-6-3-7-11-18/h2-11,22H,12-16H2,1H3,(H,25,29)(H,26,30). The van der Waals surface area contributed by atoms with Gasteiger partial charge < -0.3 is 15.4 Å². The molecule has 3 aromatic rings. The van der Waals surface area contributed by atoms with Crippen LogP contribution in [0.2, 0.25) is 0 Å². The van der Waals surface area contributed by atoms with Crippen LogP contribution in [0.15, 0.2) is 60.7 Å². The Balaban J connectivity index is 1.60. The van der Waals surface area contributed by atoms with Crippen molar-refractivity contribution in [3.8, 4) is 0 Å². The predicted molar refractivity (Wildman–Crippen MR) is 125 cm³/mol. The van der Waals surface area contributed by atoms with Crippen molar-refractivity contribution < 1.29 is 14.3 Å². The lowest BCUT2D eigenvalue weighted by Gasteiger charge is -2.19. The Bertz CT molecular complexity index is 1030. The maximum absolute atomic E-state index is 13.6. The number of hydrogen-bond donors (Lipinski definition) is 2. The summed E-state index contributed by atoms with van der Waals surface area (Å²) in [5.41, 5.74) is 3.73. The summed E-state index contributed by atoms with van der Waals surface area (Å²) in [6.45, 7) is 0.910. The second-order valence-electron chi connectivity index (χ2n) is 7.51. The number of rotatable bonds is 9. The summed E-state index contributed by atoms with van der Waals surface area (Å²) in [6, 6.07) is 19.4. The van der Waals surface area contributed by atoms with Crippen molar-refractivity contribution in [1.29, 1.82) is 0 Å². The molecule has 0 unspecified atom stereocenters. The lowest BCUT2D eigenvalue weighted by Crippen LogP contribution is -2.32. The molecule has 1 aliphatic rings. The molecule has 2 N–H and O–H groups in total. The smallest absolute Gasteiger partial charge is 0.241 e. The lowest BCUT2D eigenvalue weighted by atomic mass is 9.90. The van der Waals surface area contributed by atoms with Gasteiger partial charge in [0.05, 0.1) is 18.2 Å². The van der Waals surface area contributed by atoms with E-state index in [4.69, 9.17) is 4.74 Å².